The maximum Gasteiger partial charge on any atom is 0.213 e. The number of pyridine rings is 1. The van der Waals surface area contributed by atoms with E-state index in [1.807, 2.05) is 12.1 Å². The zero-order valence-corrected chi connectivity index (χ0v) is 10.8. The molecule has 1 aliphatic carbocycles. The topological polar surface area (TPSA) is 48.1 Å². The first-order valence-electron chi connectivity index (χ1n) is 6.44. The van der Waals surface area contributed by atoms with E-state index in [-0.39, 0.29) is 0 Å². The van der Waals surface area contributed by atoms with Gasteiger partial charge in [-0.2, -0.15) is 0 Å². The maximum absolute atomic E-state index is 5.80. The van der Waals surface area contributed by atoms with E-state index in [0.717, 1.165) is 12.5 Å². The summed E-state index contributed by atoms with van der Waals surface area (Å²) in [5.74, 6) is 1.42. The number of nitrogens with two attached hydrogens (primary N) is 1. The predicted octanol–water partition coefficient (Wildman–Crippen LogP) is 3.26. The average Bonchev–Trinajstić information content (AvgIpc) is 2.23. The minimum Gasteiger partial charge on any atom is -0.477 e. The van der Waals surface area contributed by atoms with Crippen molar-refractivity contribution in [2.24, 2.45) is 11.3 Å². The van der Waals surface area contributed by atoms with Crippen LogP contribution in [0.15, 0.2) is 18.3 Å². The molecule has 0 radical (unpaired) electrons. The van der Waals surface area contributed by atoms with Crippen molar-refractivity contribution in [3.05, 3.63) is 18.3 Å². The minimum atomic E-state index is 0.400. The van der Waals surface area contributed by atoms with Gasteiger partial charge in [-0.3, -0.25) is 0 Å². The van der Waals surface area contributed by atoms with Crippen LogP contribution in [-0.2, 0) is 0 Å². The first-order chi connectivity index (χ1) is 8.10. The minimum absolute atomic E-state index is 0.400. The van der Waals surface area contributed by atoms with Crippen LogP contribution in [0.2, 0.25) is 0 Å². The third-order valence-corrected chi connectivity index (χ3v) is 3.54. The summed E-state index contributed by atoms with van der Waals surface area (Å²) < 4.78 is 5.80. The van der Waals surface area contributed by atoms with E-state index in [9.17, 15) is 0 Å². The molecule has 1 aromatic heterocycles. The van der Waals surface area contributed by atoms with Gasteiger partial charge < -0.3 is 10.5 Å². The molecule has 0 aliphatic heterocycles. The van der Waals surface area contributed by atoms with Gasteiger partial charge in [-0.05, 0) is 31.2 Å². The number of nitrogens with zero attached hydrogens (tertiary/aromatic N) is 1. The van der Waals surface area contributed by atoms with Crippen molar-refractivity contribution in [1.82, 2.24) is 4.98 Å². The first kappa shape index (κ1) is 12.2. The zero-order valence-electron chi connectivity index (χ0n) is 10.8. The lowest BCUT2D eigenvalue weighted by molar-refractivity contribution is 0.0343. The molecule has 94 valence electrons. The van der Waals surface area contributed by atoms with Gasteiger partial charge in [-0.15, -0.1) is 0 Å². The predicted molar refractivity (Wildman–Crippen MR) is 69.9 cm³/mol. The van der Waals surface area contributed by atoms with Gasteiger partial charge in [0.1, 0.15) is 0 Å². The van der Waals surface area contributed by atoms with Crippen molar-refractivity contribution in [3.63, 3.8) is 0 Å². The molecule has 17 heavy (non-hydrogen) atoms. The summed E-state index contributed by atoms with van der Waals surface area (Å²) in [7, 11) is 0. The van der Waals surface area contributed by atoms with Crippen LogP contribution in [0.1, 0.15) is 39.5 Å². The summed E-state index contributed by atoms with van der Waals surface area (Å²) in [5.41, 5.74) is 6.67. The average molecular weight is 234 g/mol. The molecule has 0 aromatic carbocycles. The monoisotopic (exact) mass is 234 g/mol. The summed E-state index contributed by atoms with van der Waals surface area (Å²) in [5, 5.41) is 0. The Labute approximate surface area is 103 Å². The Morgan fingerprint density at radius 2 is 2.18 bits per heavy atom. The Bertz CT molecular complexity index is 355. The van der Waals surface area contributed by atoms with Crippen molar-refractivity contribution in [2.45, 2.75) is 39.5 Å². The van der Waals surface area contributed by atoms with Gasteiger partial charge in [-0.25, -0.2) is 4.98 Å². The zero-order chi connectivity index (χ0) is 12.3. The highest BCUT2D eigenvalue weighted by Crippen LogP contribution is 2.46. The van der Waals surface area contributed by atoms with Crippen LogP contribution in [-0.4, -0.2) is 11.6 Å². The van der Waals surface area contributed by atoms with Crippen LogP contribution in [0.5, 0.6) is 5.88 Å². The Morgan fingerprint density at radius 3 is 2.65 bits per heavy atom. The Hall–Kier alpha value is -1.25. The van der Waals surface area contributed by atoms with Gasteiger partial charge in [-0.1, -0.05) is 20.3 Å². The standard InChI is InChI=1S/C14H22N2O/c1-11(2)8-14(6-3-7-14)10-17-13-5-4-12(15)9-16-13/h4-5,9,11H,3,6-8,10,15H2,1-2H3. The molecule has 1 saturated carbocycles. The number of nitrogen functional groups attached to an aromatic ring is 1. The molecule has 0 amide bonds. The lowest BCUT2D eigenvalue weighted by Crippen LogP contribution is -2.37. The van der Waals surface area contributed by atoms with Crippen LogP contribution in [0.3, 0.4) is 0 Å². The fourth-order valence-electron chi connectivity index (χ4n) is 2.65. The van der Waals surface area contributed by atoms with E-state index in [2.05, 4.69) is 18.8 Å². The lowest BCUT2D eigenvalue weighted by Gasteiger charge is -2.42. The molecule has 0 saturated heterocycles. The lowest BCUT2D eigenvalue weighted by atomic mass is 9.65. The number of aromatic nitrogens is 1. The maximum atomic E-state index is 5.80. The second-order valence-electron chi connectivity index (χ2n) is 5.67. The first-order valence-corrected chi connectivity index (χ1v) is 6.44. The Kier molecular flexibility index (Phi) is 3.55. The molecular formula is C14H22N2O. The largest absolute Gasteiger partial charge is 0.477 e. The second kappa shape index (κ2) is 4.94. The number of ether oxygens (including phenoxy) is 1. The molecule has 1 aliphatic rings. The van der Waals surface area contributed by atoms with E-state index in [1.165, 1.54) is 25.7 Å². The summed E-state index contributed by atoms with van der Waals surface area (Å²) in [4.78, 5) is 4.17. The van der Waals surface area contributed by atoms with Crippen molar-refractivity contribution >= 4 is 5.69 Å². The molecular weight excluding hydrogens is 212 g/mol. The molecule has 3 nitrogen and oxygen atoms in total. The highest BCUT2D eigenvalue weighted by Gasteiger charge is 2.38. The fraction of sp³-hybridized carbons (Fsp3) is 0.643. The van der Waals surface area contributed by atoms with Crippen molar-refractivity contribution < 1.29 is 4.74 Å². The SMILES string of the molecule is CC(C)CC1(COc2ccc(N)cn2)CCC1. The van der Waals surface area contributed by atoms with E-state index in [4.69, 9.17) is 10.5 Å². The summed E-state index contributed by atoms with van der Waals surface area (Å²) in [6.45, 7) is 5.35. The van der Waals surface area contributed by atoms with Crippen molar-refractivity contribution in [1.29, 1.82) is 0 Å². The molecule has 0 atom stereocenters. The fourth-order valence-corrected chi connectivity index (χ4v) is 2.65. The Morgan fingerprint density at radius 1 is 1.41 bits per heavy atom. The molecule has 2 rings (SSSR count). The molecule has 1 aromatic rings. The number of anilines is 1. The number of hydrogen-bond donors (Lipinski definition) is 1. The van der Waals surface area contributed by atoms with Crippen molar-refractivity contribution in [2.75, 3.05) is 12.3 Å². The van der Waals surface area contributed by atoms with Crippen LogP contribution >= 0.6 is 0 Å². The molecule has 0 bridgehead atoms. The molecule has 1 fully saturated rings. The molecule has 2 N–H and O–H groups in total. The third-order valence-electron chi connectivity index (χ3n) is 3.54. The molecule has 3 heteroatoms. The van der Waals surface area contributed by atoms with E-state index >= 15 is 0 Å². The number of hydrogen-bond acceptors (Lipinski definition) is 3. The number of rotatable bonds is 5. The van der Waals surface area contributed by atoms with E-state index in [1.54, 1.807) is 6.20 Å². The van der Waals surface area contributed by atoms with Crippen molar-refractivity contribution in [3.8, 4) is 5.88 Å². The van der Waals surface area contributed by atoms with Crippen LogP contribution in [0.25, 0.3) is 0 Å². The normalized spacial score (nSPS) is 17.8. The highest BCUT2D eigenvalue weighted by molar-refractivity contribution is 5.35. The van der Waals surface area contributed by atoms with Gasteiger partial charge in [0.2, 0.25) is 5.88 Å². The summed E-state index contributed by atoms with van der Waals surface area (Å²) in [6, 6.07) is 3.68. The molecule has 1 heterocycles. The van der Waals surface area contributed by atoms with Gasteiger partial charge >= 0.3 is 0 Å². The summed E-state index contributed by atoms with van der Waals surface area (Å²) in [6.07, 6.45) is 6.82. The smallest absolute Gasteiger partial charge is 0.213 e. The van der Waals surface area contributed by atoms with Crippen LogP contribution < -0.4 is 10.5 Å². The van der Waals surface area contributed by atoms with Gasteiger partial charge in [0.15, 0.2) is 0 Å². The molecule has 0 spiro atoms. The third kappa shape index (κ3) is 3.11. The van der Waals surface area contributed by atoms with Gasteiger partial charge in [0.25, 0.3) is 0 Å². The van der Waals surface area contributed by atoms with Gasteiger partial charge in [0, 0.05) is 11.5 Å². The quantitative estimate of drug-likeness (QED) is 0.850. The van der Waals surface area contributed by atoms with Gasteiger partial charge in [0.05, 0.1) is 18.5 Å². The molecule has 0 unspecified atom stereocenters. The van der Waals surface area contributed by atoms with Crippen LogP contribution in [0, 0.1) is 11.3 Å². The second-order valence-corrected chi connectivity index (χ2v) is 5.67. The Balaban J connectivity index is 1.89. The highest BCUT2D eigenvalue weighted by atomic mass is 16.5. The van der Waals surface area contributed by atoms with Crippen LogP contribution in [0.4, 0.5) is 5.69 Å². The van der Waals surface area contributed by atoms with E-state index in [0.29, 0.717) is 17.0 Å². The van der Waals surface area contributed by atoms with E-state index < -0.39 is 0 Å². The summed E-state index contributed by atoms with van der Waals surface area (Å²) >= 11 is 0.